The average Bonchev–Trinajstić information content (AvgIpc) is 2.90. The van der Waals surface area contributed by atoms with Gasteiger partial charge in [-0.15, -0.1) is 11.3 Å². The van der Waals surface area contributed by atoms with Crippen molar-refractivity contribution in [3.05, 3.63) is 29.3 Å². The lowest BCUT2D eigenvalue weighted by atomic mass is 10.1. The van der Waals surface area contributed by atoms with Crippen molar-refractivity contribution in [2.45, 2.75) is 32.7 Å². The van der Waals surface area contributed by atoms with Crippen LogP contribution in [0.25, 0.3) is 10.2 Å². The molecule has 0 aliphatic carbocycles. The van der Waals surface area contributed by atoms with Crippen LogP contribution in [0.15, 0.2) is 23.7 Å². The Morgan fingerprint density at radius 2 is 2.26 bits per heavy atom. The summed E-state index contributed by atoms with van der Waals surface area (Å²) in [5.74, 6) is 0.404. The summed E-state index contributed by atoms with van der Waals surface area (Å²) in [5.41, 5.74) is 2.32. The zero-order chi connectivity index (χ0) is 13.7. The first-order valence-electron chi connectivity index (χ1n) is 6.88. The molecule has 0 bridgehead atoms. The van der Waals surface area contributed by atoms with Crippen molar-refractivity contribution >= 4 is 21.6 Å². The van der Waals surface area contributed by atoms with Crippen LogP contribution in [0, 0.1) is 5.92 Å². The first-order chi connectivity index (χ1) is 9.20. The van der Waals surface area contributed by atoms with Crippen LogP contribution >= 0.6 is 11.3 Å². The summed E-state index contributed by atoms with van der Waals surface area (Å²) < 4.78 is 1.25. The number of fused-ring (bicyclic) bond motifs is 1. The highest BCUT2D eigenvalue weighted by Gasteiger charge is 2.07. The molecule has 3 nitrogen and oxygen atoms in total. The first kappa shape index (κ1) is 14.4. The Bertz CT molecular complexity index is 512. The van der Waals surface area contributed by atoms with E-state index in [1.54, 1.807) is 11.3 Å². The molecule has 0 aliphatic rings. The Morgan fingerprint density at radius 3 is 3.05 bits per heavy atom. The van der Waals surface area contributed by atoms with Gasteiger partial charge in [-0.05, 0) is 55.3 Å². The molecule has 0 amide bonds. The van der Waals surface area contributed by atoms with Gasteiger partial charge in [0.25, 0.3) is 0 Å². The van der Waals surface area contributed by atoms with E-state index in [2.05, 4.69) is 41.7 Å². The zero-order valence-electron chi connectivity index (χ0n) is 11.6. The summed E-state index contributed by atoms with van der Waals surface area (Å²) in [5, 5.41) is 14.6. The van der Waals surface area contributed by atoms with Crippen molar-refractivity contribution in [1.29, 1.82) is 0 Å². The molecule has 0 saturated carbocycles. The van der Waals surface area contributed by atoms with Crippen molar-refractivity contribution in [3.63, 3.8) is 0 Å². The van der Waals surface area contributed by atoms with Gasteiger partial charge in [-0.1, -0.05) is 6.92 Å². The Kier molecular flexibility index (Phi) is 5.31. The van der Waals surface area contributed by atoms with Crippen molar-refractivity contribution in [2.24, 2.45) is 5.92 Å². The molecule has 0 spiro atoms. The number of thiophene rings is 1. The van der Waals surface area contributed by atoms with Crippen molar-refractivity contribution in [1.82, 2.24) is 10.3 Å². The van der Waals surface area contributed by atoms with E-state index >= 15 is 0 Å². The molecule has 2 N–H and O–H groups in total. The molecule has 4 heteroatoms. The van der Waals surface area contributed by atoms with E-state index in [-0.39, 0.29) is 6.61 Å². The summed E-state index contributed by atoms with van der Waals surface area (Å²) in [6.07, 6.45) is 4.13. The largest absolute Gasteiger partial charge is 0.396 e. The Balaban J connectivity index is 1.83. The maximum absolute atomic E-state index is 8.97. The highest BCUT2D eigenvalue weighted by Crippen LogP contribution is 2.22. The summed E-state index contributed by atoms with van der Waals surface area (Å²) in [6, 6.07) is 4.60. The SMILES string of the molecule is CC(CO)CCCNC(C)c1cnc2ccsc2c1. The van der Waals surface area contributed by atoms with Crippen molar-refractivity contribution in [3.8, 4) is 0 Å². The van der Waals surface area contributed by atoms with Gasteiger partial charge in [0.05, 0.1) is 10.2 Å². The van der Waals surface area contributed by atoms with Gasteiger partial charge < -0.3 is 10.4 Å². The fourth-order valence-electron chi connectivity index (χ4n) is 2.08. The molecule has 2 aromatic rings. The minimum absolute atomic E-state index is 0.286. The standard InChI is InChI=1S/C15H22N2OS/c1-11(10-18)4-3-6-16-12(2)13-8-15-14(17-9-13)5-7-19-15/h5,7-9,11-12,16,18H,3-4,6,10H2,1-2H3. The van der Waals surface area contributed by atoms with Gasteiger partial charge in [0.15, 0.2) is 0 Å². The van der Waals surface area contributed by atoms with E-state index in [1.807, 2.05) is 6.20 Å². The summed E-state index contributed by atoms with van der Waals surface area (Å²) in [6.45, 7) is 5.52. The second kappa shape index (κ2) is 6.98. The fraction of sp³-hybridized carbons (Fsp3) is 0.533. The molecule has 0 saturated heterocycles. The molecule has 0 radical (unpaired) electrons. The normalized spacial score (nSPS) is 14.7. The van der Waals surface area contributed by atoms with Crippen LogP contribution < -0.4 is 5.32 Å². The van der Waals surface area contributed by atoms with Crippen molar-refractivity contribution < 1.29 is 5.11 Å². The van der Waals surface area contributed by atoms with Gasteiger partial charge in [0.2, 0.25) is 0 Å². The molecule has 2 atom stereocenters. The summed E-state index contributed by atoms with van der Waals surface area (Å²) in [4.78, 5) is 4.47. The van der Waals surface area contributed by atoms with Gasteiger partial charge >= 0.3 is 0 Å². The van der Waals surface area contributed by atoms with Crippen LogP contribution in [-0.2, 0) is 0 Å². The average molecular weight is 278 g/mol. The maximum atomic E-state index is 8.97. The van der Waals surface area contributed by atoms with E-state index in [4.69, 9.17) is 5.11 Å². The number of pyridine rings is 1. The molecule has 0 aliphatic heterocycles. The number of hydrogen-bond acceptors (Lipinski definition) is 4. The molecule has 2 rings (SSSR count). The fourth-order valence-corrected chi connectivity index (χ4v) is 2.87. The molecule has 0 aromatic carbocycles. The highest BCUT2D eigenvalue weighted by molar-refractivity contribution is 7.17. The second-order valence-corrected chi connectivity index (χ2v) is 6.13. The number of aliphatic hydroxyl groups is 1. The minimum Gasteiger partial charge on any atom is -0.396 e. The third-order valence-electron chi connectivity index (χ3n) is 3.46. The Hall–Kier alpha value is -0.970. The number of aromatic nitrogens is 1. The van der Waals surface area contributed by atoms with Gasteiger partial charge in [0, 0.05) is 18.8 Å². The van der Waals surface area contributed by atoms with Crippen molar-refractivity contribution in [2.75, 3.05) is 13.2 Å². The molecule has 19 heavy (non-hydrogen) atoms. The molecule has 2 heterocycles. The quantitative estimate of drug-likeness (QED) is 0.763. The number of aliphatic hydroxyl groups excluding tert-OH is 1. The lowest BCUT2D eigenvalue weighted by Gasteiger charge is -2.15. The van der Waals surface area contributed by atoms with Crippen LogP contribution in [-0.4, -0.2) is 23.2 Å². The van der Waals surface area contributed by atoms with Crippen LogP contribution in [0.1, 0.15) is 38.3 Å². The smallest absolute Gasteiger partial charge is 0.0809 e. The molecular formula is C15H22N2OS. The third-order valence-corrected chi connectivity index (χ3v) is 4.31. The van der Waals surface area contributed by atoms with Crippen LogP contribution in [0.5, 0.6) is 0 Å². The lowest BCUT2D eigenvalue weighted by molar-refractivity contribution is 0.227. The number of hydrogen-bond donors (Lipinski definition) is 2. The number of nitrogens with one attached hydrogen (secondary N) is 1. The van der Waals surface area contributed by atoms with Gasteiger partial charge in [-0.25, -0.2) is 0 Å². The van der Waals surface area contributed by atoms with E-state index < -0.39 is 0 Å². The zero-order valence-corrected chi connectivity index (χ0v) is 12.4. The Labute approximate surface area is 118 Å². The monoisotopic (exact) mass is 278 g/mol. The molecule has 2 unspecified atom stereocenters. The van der Waals surface area contributed by atoms with Crippen LogP contribution in [0.4, 0.5) is 0 Å². The minimum atomic E-state index is 0.286. The third kappa shape index (κ3) is 4.00. The number of nitrogens with zero attached hydrogens (tertiary/aromatic N) is 1. The van der Waals surface area contributed by atoms with Crippen LogP contribution in [0.2, 0.25) is 0 Å². The first-order valence-corrected chi connectivity index (χ1v) is 7.76. The van der Waals surface area contributed by atoms with E-state index in [0.29, 0.717) is 12.0 Å². The van der Waals surface area contributed by atoms with Gasteiger partial charge in [0.1, 0.15) is 0 Å². The molecule has 2 aromatic heterocycles. The maximum Gasteiger partial charge on any atom is 0.0809 e. The summed E-state index contributed by atoms with van der Waals surface area (Å²) >= 11 is 1.74. The lowest BCUT2D eigenvalue weighted by Crippen LogP contribution is -2.20. The molecule has 104 valence electrons. The van der Waals surface area contributed by atoms with Gasteiger partial charge in [-0.2, -0.15) is 0 Å². The predicted octanol–water partition coefficient (Wildman–Crippen LogP) is 3.36. The molecule has 0 fully saturated rings. The Morgan fingerprint density at radius 1 is 1.42 bits per heavy atom. The van der Waals surface area contributed by atoms with E-state index in [9.17, 15) is 0 Å². The van der Waals surface area contributed by atoms with E-state index in [1.165, 1.54) is 10.3 Å². The second-order valence-electron chi connectivity index (χ2n) is 5.18. The number of rotatable bonds is 7. The topological polar surface area (TPSA) is 45.1 Å². The molecular weight excluding hydrogens is 256 g/mol. The van der Waals surface area contributed by atoms with Crippen LogP contribution in [0.3, 0.4) is 0 Å². The summed E-state index contributed by atoms with van der Waals surface area (Å²) in [7, 11) is 0. The van der Waals surface area contributed by atoms with E-state index in [0.717, 1.165) is 24.9 Å². The highest BCUT2D eigenvalue weighted by atomic mass is 32.1. The van der Waals surface area contributed by atoms with Gasteiger partial charge in [-0.3, -0.25) is 4.98 Å². The predicted molar refractivity (Wildman–Crippen MR) is 81.5 cm³/mol.